The molecule has 2 aromatic rings. The number of para-hydroxylation sites is 1. The Morgan fingerprint density at radius 3 is 3.17 bits per heavy atom. The number of nitrogens with zero attached hydrogens (tertiary/aromatic N) is 1. The Morgan fingerprint density at radius 2 is 2.33 bits per heavy atom. The van der Waals surface area contributed by atoms with Crippen LogP contribution in [0.2, 0.25) is 0 Å². The van der Waals surface area contributed by atoms with Gasteiger partial charge in [-0.2, -0.15) is 0 Å². The van der Waals surface area contributed by atoms with E-state index < -0.39 is 0 Å². The molecule has 2 rings (SSSR count). The van der Waals surface area contributed by atoms with Crippen LogP contribution in [0.3, 0.4) is 0 Å². The number of aromatic nitrogens is 1. The van der Waals surface area contributed by atoms with Crippen LogP contribution in [0.5, 0.6) is 0 Å². The Hall–Kier alpha value is -1.35. The van der Waals surface area contributed by atoms with Crippen LogP contribution in [0.1, 0.15) is 5.56 Å². The Kier molecular flexibility index (Phi) is 1.80. The summed E-state index contributed by atoms with van der Waals surface area (Å²) in [7, 11) is 0. The smallest absolute Gasteiger partial charge is 0.181 e. The Morgan fingerprint density at radius 1 is 1.42 bits per heavy atom. The number of hydrogen-bond acceptors (Lipinski definition) is 3. The van der Waals surface area contributed by atoms with Gasteiger partial charge in [0.05, 0.1) is 0 Å². The van der Waals surface area contributed by atoms with E-state index in [4.69, 9.17) is 10.2 Å². The van der Waals surface area contributed by atoms with Gasteiger partial charge in [0.1, 0.15) is 5.52 Å². The minimum Gasteiger partial charge on any atom is -0.443 e. The lowest BCUT2D eigenvalue weighted by atomic mass is 10.1. The molecule has 0 fully saturated rings. The monoisotopic (exact) mass is 162 g/mol. The van der Waals surface area contributed by atoms with E-state index in [1.807, 2.05) is 18.2 Å². The summed E-state index contributed by atoms with van der Waals surface area (Å²) in [5.41, 5.74) is 8.36. The first-order valence-electron chi connectivity index (χ1n) is 3.93. The fourth-order valence-corrected chi connectivity index (χ4v) is 1.30. The van der Waals surface area contributed by atoms with Gasteiger partial charge in [0.25, 0.3) is 0 Å². The maximum atomic E-state index is 5.46. The van der Waals surface area contributed by atoms with E-state index in [1.54, 1.807) is 0 Å². The molecule has 0 unspecified atom stereocenters. The molecule has 0 amide bonds. The highest BCUT2D eigenvalue weighted by molar-refractivity contribution is 5.75. The quantitative estimate of drug-likeness (QED) is 0.724. The molecule has 3 heteroatoms. The van der Waals surface area contributed by atoms with E-state index in [-0.39, 0.29) is 0 Å². The number of rotatable bonds is 2. The van der Waals surface area contributed by atoms with Crippen molar-refractivity contribution in [1.29, 1.82) is 0 Å². The summed E-state index contributed by atoms with van der Waals surface area (Å²) in [4.78, 5) is 4.05. The molecular weight excluding hydrogens is 152 g/mol. The second kappa shape index (κ2) is 2.95. The number of oxazole rings is 1. The molecule has 3 nitrogen and oxygen atoms in total. The van der Waals surface area contributed by atoms with E-state index in [1.165, 1.54) is 6.39 Å². The maximum Gasteiger partial charge on any atom is 0.181 e. The van der Waals surface area contributed by atoms with Crippen molar-refractivity contribution in [3.8, 4) is 0 Å². The molecule has 12 heavy (non-hydrogen) atoms. The molecule has 0 saturated carbocycles. The summed E-state index contributed by atoms with van der Waals surface area (Å²) >= 11 is 0. The molecule has 0 atom stereocenters. The van der Waals surface area contributed by atoms with Crippen LogP contribution in [-0.2, 0) is 6.42 Å². The third kappa shape index (κ3) is 1.08. The molecular formula is C9H10N2O. The van der Waals surface area contributed by atoms with E-state index in [2.05, 4.69) is 4.98 Å². The SMILES string of the molecule is NCCc1cccc2ncoc12. The molecule has 0 aliphatic rings. The number of hydrogen-bond donors (Lipinski definition) is 1. The van der Waals surface area contributed by atoms with Crippen molar-refractivity contribution in [3.63, 3.8) is 0 Å². The average Bonchev–Trinajstić information content (AvgIpc) is 2.53. The van der Waals surface area contributed by atoms with Crippen LogP contribution in [0.4, 0.5) is 0 Å². The minimum atomic E-state index is 0.639. The molecule has 0 saturated heterocycles. The Labute approximate surface area is 70.2 Å². The minimum absolute atomic E-state index is 0.639. The zero-order valence-electron chi connectivity index (χ0n) is 6.66. The second-order valence-corrected chi connectivity index (χ2v) is 2.66. The van der Waals surface area contributed by atoms with Crippen LogP contribution < -0.4 is 5.73 Å². The predicted molar refractivity (Wildman–Crippen MR) is 46.8 cm³/mol. The first kappa shape index (κ1) is 7.31. The van der Waals surface area contributed by atoms with Gasteiger partial charge in [0.2, 0.25) is 0 Å². The average molecular weight is 162 g/mol. The number of benzene rings is 1. The number of fused-ring (bicyclic) bond motifs is 1. The summed E-state index contributed by atoms with van der Waals surface area (Å²) in [6.45, 7) is 0.639. The van der Waals surface area contributed by atoms with Crippen molar-refractivity contribution in [2.24, 2.45) is 5.73 Å². The zero-order valence-corrected chi connectivity index (χ0v) is 6.66. The molecule has 62 valence electrons. The van der Waals surface area contributed by atoms with Gasteiger partial charge in [-0.3, -0.25) is 0 Å². The lowest BCUT2D eigenvalue weighted by Crippen LogP contribution is -2.02. The molecule has 0 radical (unpaired) electrons. The predicted octanol–water partition coefficient (Wildman–Crippen LogP) is 1.33. The van der Waals surface area contributed by atoms with Gasteiger partial charge < -0.3 is 10.2 Å². The molecule has 0 aliphatic heterocycles. The molecule has 0 aliphatic carbocycles. The molecule has 1 heterocycles. The van der Waals surface area contributed by atoms with E-state index in [0.29, 0.717) is 6.54 Å². The van der Waals surface area contributed by atoms with E-state index in [9.17, 15) is 0 Å². The molecule has 2 N–H and O–H groups in total. The molecule has 0 spiro atoms. The fraction of sp³-hybridized carbons (Fsp3) is 0.222. The van der Waals surface area contributed by atoms with Crippen molar-refractivity contribution >= 4 is 11.1 Å². The fourth-order valence-electron chi connectivity index (χ4n) is 1.30. The first-order valence-corrected chi connectivity index (χ1v) is 3.93. The van der Waals surface area contributed by atoms with E-state index in [0.717, 1.165) is 23.1 Å². The summed E-state index contributed by atoms with van der Waals surface area (Å²) in [5.74, 6) is 0. The Balaban J connectivity index is 2.57. The van der Waals surface area contributed by atoms with Crippen molar-refractivity contribution < 1.29 is 4.42 Å². The normalized spacial score (nSPS) is 10.8. The Bertz CT molecular complexity index is 381. The highest BCUT2D eigenvalue weighted by Crippen LogP contribution is 2.16. The third-order valence-electron chi connectivity index (χ3n) is 1.85. The maximum absolute atomic E-state index is 5.46. The third-order valence-corrected chi connectivity index (χ3v) is 1.85. The van der Waals surface area contributed by atoms with Gasteiger partial charge in [-0.15, -0.1) is 0 Å². The van der Waals surface area contributed by atoms with Gasteiger partial charge in [0, 0.05) is 0 Å². The lowest BCUT2D eigenvalue weighted by Gasteiger charge is -1.97. The summed E-state index contributed by atoms with van der Waals surface area (Å²) in [6.07, 6.45) is 2.30. The highest BCUT2D eigenvalue weighted by Gasteiger charge is 2.02. The van der Waals surface area contributed by atoms with Crippen LogP contribution >= 0.6 is 0 Å². The summed E-state index contributed by atoms with van der Waals surface area (Å²) < 4.78 is 5.23. The van der Waals surface area contributed by atoms with Crippen LogP contribution in [0.25, 0.3) is 11.1 Å². The van der Waals surface area contributed by atoms with Gasteiger partial charge in [-0.05, 0) is 24.6 Å². The molecule has 1 aromatic carbocycles. The van der Waals surface area contributed by atoms with Crippen LogP contribution in [-0.4, -0.2) is 11.5 Å². The largest absolute Gasteiger partial charge is 0.443 e. The van der Waals surface area contributed by atoms with Crippen molar-refractivity contribution in [2.75, 3.05) is 6.54 Å². The van der Waals surface area contributed by atoms with Gasteiger partial charge in [-0.25, -0.2) is 4.98 Å². The van der Waals surface area contributed by atoms with Gasteiger partial charge in [0.15, 0.2) is 12.0 Å². The topological polar surface area (TPSA) is 52.0 Å². The van der Waals surface area contributed by atoms with Crippen LogP contribution in [0.15, 0.2) is 29.0 Å². The lowest BCUT2D eigenvalue weighted by molar-refractivity contribution is 0.597. The van der Waals surface area contributed by atoms with E-state index >= 15 is 0 Å². The first-order chi connectivity index (χ1) is 5.92. The van der Waals surface area contributed by atoms with Crippen molar-refractivity contribution in [3.05, 3.63) is 30.2 Å². The summed E-state index contributed by atoms with van der Waals surface area (Å²) in [6, 6.07) is 5.91. The van der Waals surface area contributed by atoms with Crippen molar-refractivity contribution in [2.45, 2.75) is 6.42 Å². The second-order valence-electron chi connectivity index (χ2n) is 2.66. The van der Waals surface area contributed by atoms with Crippen molar-refractivity contribution in [1.82, 2.24) is 4.98 Å². The van der Waals surface area contributed by atoms with Gasteiger partial charge in [-0.1, -0.05) is 12.1 Å². The summed E-state index contributed by atoms with van der Waals surface area (Å²) in [5, 5.41) is 0. The van der Waals surface area contributed by atoms with Crippen LogP contribution in [0, 0.1) is 0 Å². The highest BCUT2D eigenvalue weighted by atomic mass is 16.3. The van der Waals surface area contributed by atoms with Gasteiger partial charge >= 0.3 is 0 Å². The molecule has 1 aromatic heterocycles. The number of nitrogens with two attached hydrogens (primary N) is 1. The zero-order chi connectivity index (χ0) is 8.39. The molecule has 0 bridgehead atoms. The standard InChI is InChI=1S/C9H10N2O/c10-5-4-7-2-1-3-8-9(7)12-6-11-8/h1-3,6H,4-5,10H2.